The predicted molar refractivity (Wildman–Crippen MR) is 57.3 cm³/mol. The summed E-state index contributed by atoms with van der Waals surface area (Å²) < 4.78 is 0. The molecule has 1 heterocycles. The van der Waals surface area contributed by atoms with E-state index in [2.05, 4.69) is 9.97 Å². The SMILES string of the molecule is N#CCC(O)C(O)c1cccc2[nH]cnc12. The number of H-pyrrole nitrogens is 1. The van der Waals surface area contributed by atoms with Crippen LogP contribution in [0, 0.1) is 11.3 Å². The van der Waals surface area contributed by atoms with Crippen LogP contribution in [-0.2, 0) is 0 Å². The van der Waals surface area contributed by atoms with Crippen LogP contribution in [0.3, 0.4) is 0 Å². The van der Waals surface area contributed by atoms with Crippen molar-refractivity contribution in [2.75, 3.05) is 0 Å². The van der Waals surface area contributed by atoms with Gasteiger partial charge in [0.05, 0.1) is 36.0 Å². The molecule has 16 heavy (non-hydrogen) atoms. The minimum absolute atomic E-state index is 0.109. The predicted octanol–water partition coefficient (Wildman–Crippen LogP) is 0.871. The van der Waals surface area contributed by atoms with Gasteiger partial charge in [-0.15, -0.1) is 0 Å². The summed E-state index contributed by atoms with van der Waals surface area (Å²) in [6.07, 6.45) is -0.765. The zero-order valence-electron chi connectivity index (χ0n) is 8.46. The minimum atomic E-state index is -1.09. The second kappa shape index (κ2) is 4.31. The first-order chi connectivity index (χ1) is 7.74. The molecule has 2 aromatic rings. The van der Waals surface area contributed by atoms with Gasteiger partial charge in [0, 0.05) is 5.56 Å². The van der Waals surface area contributed by atoms with Crippen LogP contribution in [-0.4, -0.2) is 26.3 Å². The molecule has 0 saturated heterocycles. The van der Waals surface area contributed by atoms with Gasteiger partial charge < -0.3 is 15.2 Å². The summed E-state index contributed by atoms with van der Waals surface area (Å²) in [5.41, 5.74) is 1.94. The molecule has 0 spiro atoms. The first-order valence-corrected chi connectivity index (χ1v) is 4.89. The molecule has 5 nitrogen and oxygen atoms in total. The summed E-state index contributed by atoms with van der Waals surface area (Å²) >= 11 is 0. The molecule has 5 heteroatoms. The second-order valence-corrected chi connectivity index (χ2v) is 3.52. The number of aliphatic hydroxyl groups excluding tert-OH is 2. The van der Waals surface area contributed by atoms with Crippen molar-refractivity contribution in [2.24, 2.45) is 0 Å². The Morgan fingerprint density at radius 1 is 1.44 bits per heavy atom. The lowest BCUT2D eigenvalue weighted by Crippen LogP contribution is -2.17. The van der Waals surface area contributed by atoms with Gasteiger partial charge in [-0.25, -0.2) is 4.98 Å². The number of aromatic nitrogens is 2. The maximum atomic E-state index is 9.88. The first-order valence-electron chi connectivity index (χ1n) is 4.89. The molecule has 0 aliphatic heterocycles. The molecule has 0 fully saturated rings. The number of imidazole rings is 1. The zero-order chi connectivity index (χ0) is 11.5. The van der Waals surface area contributed by atoms with Crippen molar-refractivity contribution in [3.05, 3.63) is 30.1 Å². The molecule has 2 unspecified atom stereocenters. The van der Waals surface area contributed by atoms with Gasteiger partial charge in [0.2, 0.25) is 0 Å². The van der Waals surface area contributed by atoms with E-state index in [1.807, 2.05) is 12.1 Å². The number of nitrogens with zero attached hydrogens (tertiary/aromatic N) is 2. The van der Waals surface area contributed by atoms with Gasteiger partial charge in [0.1, 0.15) is 6.10 Å². The van der Waals surface area contributed by atoms with Gasteiger partial charge in [0.15, 0.2) is 0 Å². The molecule has 2 atom stereocenters. The van der Waals surface area contributed by atoms with Gasteiger partial charge in [-0.2, -0.15) is 5.26 Å². The van der Waals surface area contributed by atoms with E-state index in [-0.39, 0.29) is 6.42 Å². The Kier molecular flexibility index (Phi) is 2.86. The first kappa shape index (κ1) is 10.6. The highest BCUT2D eigenvalue weighted by molar-refractivity contribution is 5.78. The Labute approximate surface area is 92.0 Å². The van der Waals surface area contributed by atoms with Gasteiger partial charge in [-0.1, -0.05) is 12.1 Å². The van der Waals surface area contributed by atoms with Crippen molar-refractivity contribution < 1.29 is 10.2 Å². The summed E-state index contributed by atoms with van der Waals surface area (Å²) in [5, 5.41) is 27.9. The van der Waals surface area contributed by atoms with E-state index >= 15 is 0 Å². The summed E-state index contributed by atoms with van der Waals surface area (Å²) in [4.78, 5) is 6.99. The lowest BCUT2D eigenvalue weighted by Gasteiger charge is -2.15. The van der Waals surface area contributed by atoms with Gasteiger partial charge in [-0.3, -0.25) is 0 Å². The molecule has 1 aromatic heterocycles. The summed E-state index contributed by atoms with van der Waals surface area (Å²) in [6.45, 7) is 0. The smallest absolute Gasteiger partial charge is 0.108 e. The molecule has 0 amide bonds. The maximum Gasteiger partial charge on any atom is 0.108 e. The standard InChI is InChI=1S/C11H11N3O2/c12-5-4-9(15)11(16)7-2-1-3-8-10(7)14-6-13-8/h1-3,6,9,11,15-16H,4H2,(H,13,14). The zero-order valence-corrected chi connectivity index (χ0v) is 8.46. The molecule has 0 bridgehead atoms. The van der Waals surface area contributed by atoms with Crippen molar-refractivity contribution in [2.45, 2.75) is 18.6 Å². The van der Waals surface area contributed by atoms with Crippen LogP contribution in [0.1, 0.15) is 18.1 Å². The molecule has 0 radical (unpaired) electrons. The van der Waals surface area contributed by atoms with E-state index in [0.29, 0.717) is 11.1 Å². The van der Waals surface area contributed by atoms with Crippen molar-refractivity contribution in [1.29, 1.82) is 5.26 Å². The van der Waals surface area contributed by atoms with E-state index < -0.39 is 12.2 Å². The van der Waals surface area contributed by atoms with Crippen LogP contribution >= 0.6 is 0 Å². The number of nitriles is 1. The third kappa shape index (κ3) is 1.76. The third-order valence-electron chi connectivity index (χ3n) is 2.46. The molecule has 0 aliphatic carbocycles. The van der Waals surface area contributed by atoms with Crippen molar-refractivity contribution in [1.82, 2.24) is 9.97 Å². The highest BCUT2D eigenvalue weighted by Gasteiger charge is 2.20. The van der Waals surface area contributed by atoms with Crippen molar-refractivity contribution in [3.63, 3.8) is 0 Å². The molecule has 2 rings (SSSR count). The minimum Gasteiger partial charge on any atom is -0.389 e. The van der Waals surface area contributed by atoms with Gasteiger partial charge in [-0.05, 0) is 6.07 Å². The van der Waals surface area contributed by atoms with Crippen molar-refractivity contribution in [3.8, 4) is 6.07 Å². The number of hydrogen-bond donors (Lipinski definition) is 3. The normalized spacial score (nSPS) is 14.6. The quantitative estimate of drug-likeness (QED) is 0.711. The monoisotopic (exact) mass is 217 g/mol. The number of hydrogen-bond acceptors (Lipinski definition) is 4. The van der Waals surface area contributed by atoms with Crippen LogP contribution in [0.5, 0.6) is 0 Å². The number of fused-ring (bicyclic) bond motifs is 1. The Hall–Kier alpha value is -1.90. The van der Waals surface area contributed by atoms with E-state index in [0.717, 1.165) is 5.52 Å². The number of aliphatic hydroxyl groups is 2. The topological polar surface area (TPSA) is 92.9 Å². The number of para-hydroxylation sites is 1. The van der Waals surface area contributed by atoms with E-state index in [1.54, 1.807) is 12.1 Å². The summed E-state index contributed by atoms with van der Waals surface area (Å²) in [5.74, 6) is 0. The van der Waals surface area contributed by atoms with Crippen molar-refractivity contribution >= 4 is 11.0 Å². The lowest BCUT2D eigenvalue weighted by molar-refractivity contribution is 0.0224. The Balaban J connectivity index is 2.39. The van der Waals surface area contributed by atoms with Crippen LogP contribution in [0.4, 0.5) is 0 Å². The third-order valence-corrected chi connectivity index (χ3v) is 2.46. The molecule has 1 aromatic carbocycles. The van der Waals surface area contributed by atoms with Crippen LogP contribution in [0.2, 0.25) is 0 Å². The molecule has 3 N–H and O–H groups in total. The fourth-order valence-corrected chi connectivity index (χ4v) is 1.64. The van der Waals surface area contributed by atoms with Crippen LogP contribution < -0.4 is 0 Å². The second-order valence-electron chi connectivity index (χ2n) is 3.52. The van der Waals surface area contributed by atoms with Gasteiger partial charge in [0.25, 0.3) is 0 Å². The molecular formula is C11H11N3O2. The van der Waals surface area contributed by atoms with Crippen LogP contribution in [0.25, 0.3) is 11.0 Å². The highest BCUT2D eigenvalue weighted by atomic mass is 16.3. The van der Waals surface area contributed by atoms with E-state index in [1.165, 1.54) is 6.33 Å². The number of nitrogens with one attached hydrogen (secondary N) is 1. The Morgan fingerprint density at radius 2 is 2.25 bits per heavy atom. The lowest BCUT2D eigenvalue weighted by atomic mass is 10.0. The Morgan fingerprint density at radius 3 is 3.00 bits per heavy atom. The maximum absolute atomic E-state index is 9.88. The fourth-order valence-electron chi connectivity index (χ4n) is 1.64. The number of rotatable bonds is 3. The largest absolute Gasteiger partial charge is 0.389 e. The Bertz CT molecular complexity index is 529. The van der Waals surface area contributed by atoms with Crippen LogP contribution in [0.15, 0.2) is 24.5 Å². The fraction of sp³-hybridized carbons (Fsp3) is 0.273. The molecule has 82 valence electrons. The van der Waals surface area contributed by atoms with E-state index in [4.69, 9.17) is 5.26 Å². The van der Waals surface area contributed by atoms with Gasteiger partial charge >= 0.3 is 0 Å². The average Bonchev–Trinajstić information content (AvgIpc) is 2.76. The summed E-state index contributed by atoms with van der Waals surface area (Å²) in [6, 6.07) is 7.10. The van der Waals surface area contributed by atoms with E-state index in [9.17, 15) is 10.2 Å². The molecule has 0 aliphatic rings. The number of aromatic amines is 1. The average molecular weight is 217 g/mol. The summed E-state index contributed by atoms with van der Waals surface area (Å²) in [7, 11) is 0. The molecular weight excluding hydrogens is 206 g/mol. The molecule has 0 saturated carbocycles. The highest BCUT2D eigenvalue weighted by Crippen LogP contribution is 2.24. The number of benzene rings is 1.